The maximum atomic E-state index is 12.4. The van der Waals surface area contributed by atoms with Crippen LogP contribution >= 0.6 is 24.0 Å². The molecule has 7 nitrogen and oxygen atoms in total. The summed E-state index contributed by atoms with van der Waals surface area (Å²) in [6.45, 7) is 0.355. The van der Waals surface area contributed by atoms with Gasteiger partial charge in [0.05, 0.1) is 0 Å². The Labute approximate surface area is 201 Å². The predicted octanol–water partition coefficient (Wildman–Crippen LogP) is 4.42. The van der Waals surface area contributed by atoms with Crippen LogP contribution in [0.4, 0.5) is 18.9 Å². The van der Waals surface area contributed by atoms with Gasteiger partial charge in [-0.2, -0.15) is 13.2 Å². The van der Waals surface area contributed by atoms with Gasteiger partial charge in [-0.25, -0.2) is 0 Å². The Hall–Kier alpha value is -3.25. The van der Waals surface area contributed by atoms with Gasteiger partial charge in [-0.1, -0.05) is 6.07 Å². The van der Waals surface area contributed by atoms with Crippen LogP contribution in [0.1, 0.15) is 24.4 Å². The molecule has 1 saturated heterocycles. The first kappa shape index (κ1) is 23.9. The van der Waals surface area contributed by atoms with E-state index in [0.29, 0.717) is 29.2 Å². The minimum Gasteiger partial charge on any atom is -0.494 e. The summed E-state index contributed by atoms with van der Waals surface area (Å²) in [4.78, 5) is 23.6. The molecule has 2 aromatic carbocycles. The van der Waals surface area contributed by atoms with Crippen molar-refractivity contribution in [2.75, 3.05) is 5.32 Å². The van der Waals surface area contributed by atoms with Gasteiger partial charge < -0.3 is 20.3 Å². The number of carbonyl (C=O) groups excluding carboxylic acids is 2. The normalized spacial score (nSPS) is 16.4. The van der Waals surface area contributed by atoms with E-state index in [1.165, 1.54) is 28.8 Å². The van der Waals surface area contributed by atoms with Crippen LogP contribution in [0, 0.1) is 0 Å². The number of hydrogen-bond donors (Lipinski definition) is 4. The molecule has 1 aliphatic heterocycles. The molecular weight excluding hydrogens is 489 g/mol. The summed E-state index contributed by atoms with van der Waals surface area (Å²) >= 11 is 5.08. The molecule has 0 saturated carbocycles. The summed E-state index contributed by atoms with van der Waals surface area (Å²) in [7, 11) is 0. The third kappa shape index (κ3) is 5.62. The lowest BCUT2D eigenvalue weighted by molar-refractivity contribution is -0.135. The van der Waals surface area contributed by atoms with Crippen molar-refractivity contribution in [2.24, 2.45) is 0 Å². The number of carbonyl (C=O) groups is 2. The van der Waals surface area contributed by atoms with Gasteiger partial charge >= 0.3 is 5.51 Å². The number of fused-ring (bicyclic) bond motifs is 1. The minimum atomic E-state index is -4.34. The van der Waals surface area contributed by atoms with Crippen molar-refractivity contribution in [2.45, 2.75) is 35.8 Å². The van der Waals surface area contributed by atoms with Crippen molar-refractivity contribution in [1.29, 1.82) is 0 Å². The highest BCUT2D eigenvalue weighted by atomic mass is 32.2. The lowest BCUT2D eigenvalue weighted by Gasteiger charge is -2.22. The van der Waals surface area contributed by atoms with Crippen molar-refractivity contribution < 1.29 is 27.9 Å². The summed E-state index contributed by atoms with van der Waals surface area (Å²) in [6.07, 6.45) is 2.18. The fourth-order valence-corrected chi connectivity index (χ4v) is 4.39. The zero-order valence-corrected chi connectivity index (χ0v) is 19.1. The molecule has 1 fully saturated rings. The maximum absolute atomic E-state index is 12.4. The highest BCUT2D eigenvalue weighted by molar-refractivity contribution is 8.00. The van der Waals surface area contributed by atoms with Crippen molar-refractivity contribution in [3.8, 4) is 5.88 Å². The smallest absolute Gasteiger partial charge is 0.446 e. The molecule has 0 aliphatic carbocycles. The number of anilines is 1. The Morgan fingerprint density at radius 3 is 2.62 bits per heavy atom. The second-order valence-corrected chi connectivity index (χ2v) is 9.18. The predicted molar refractivity (Wildman–Crippen MR) is 126 cm³/mol. The highest BCUT2D eigenvalue weighted by Crippen LogP contribution is 2.37. The number of thiocarbonyl (C=S) groups is 1. The molecule has 0 bridgehead atoms. The summed E-state index contributed by atoms with van der Waals surface area (Å²) in [6, 6.07) is 10.4. The topological polar surface area (TPSA) is 95.4 Å². The lowest BCUT2D eigenvalue weighted by atomic mass is 10.1. The molecule has 178 valence electrons. The van der Waals surface area contributed by atoms with Crippen LogP contribution in [0.15, 0.2) is 53.6 Å². The van der Waals surface area contributed by atoms with Crippen molar-refractivity contribution >= 4 is 57.4 Å². The summed E-state index contributed by atoms with van der Waals surface area (Å²) < 4.78 is 38.8. The number of halogens is 3. The standard InChI is InChI=1S/C22H19F3N4O3S2/c23-22(24,25)34-15-4-2-14(3-5-15)27-21(33)26-10-12-1-6-16-13(9-12)11-29(20(16)32)17-7-8-18(30)28-19(17)31/h1-6,9,11,17,32H,7-8,10H2,(H2,26,27,33)(H,28,30,31). The number of nitrogens with zero attached hydrogens (tertiary/aromatic N) is 1. The van der Waals surface area contributed by atoms with Crippen LogP contribution in [0.25, 0.3) is 10.8 Å². The number of imide groups is 1. The monoisotopic (exact) mass is 508 g/mol. The van der Waals surface area contributed by atoms with Crippen LogP contribution in [0.3, 0.4) is 0 Å². The van der Waals surface area contributed by atoms with Crippen LogP contribution in [0.5, 0.6) is 5.88 Å². The summed E-state index contributed by atoms with van der Waals surface area (Å²) in [5.74, 6) is -0.824. The second kappa shape index (κ2) is 9.55. The molecule has 1 unspecified atom stereocenters. The molecule has 4 N–H and O–H groups in total. The third-order valence-electron chi connectivity index (χ3n) is 5.22. The molecule has 0 radical (unpaired) electrons. The Bertz CT molecular complexity index is 1260. The molecule has 4 rings (SSSR count). The van der Waals surface area contributed by atoms with E-state index >= 15 is 0 Å². The SMILES string of the molecule is O=C1CCC(n2cc3cc(CNC(=S)Nc4ccc(SC(F)(F)F)cc4)ccc3c2O)C(=O)N1. The second-order valence-electron chi connectivity index (χ2n) is 7.63. The molecule has 34 heavy (non-hydrogen) atoms. The number of amides is 2. The summed E-state index contributed by atoms with van der Waals surface area (Å²) in [5.41, 5.74) is -2.94. The van der Waals surface area contributed by atoms with E-state index in [9.17, 15) is 27.9 Å². The number of benzene rings is 2. The van der Waals surface area contributed by atoms with Gasteiger partial charge in [0.1, 0.15) is 6.04 Å². The zero-order chi connectivity index (χ0) is 24.5. The number of aromatic hydroxyl groups is 1. The van der Waals surface area contributed by atoms with Gasteiger partial charge in [0.15, 0.2) is 11.0 Å². The number of rotatable bonds is 5. The molecule has 0 spiro atoms. The molecule has 1 aliphatic rings. The zero-order valence-electron chi connectivity index (χ0n) is 17.5. The first-order chi connectivity index (χ1) is 16.1. The van der Waals surface area contributed by atoms with Crippen LogP contribution in [-0.4, -0.2) is 32.1 Å². The quantitative estimate of drug-likeness (QED) is 0.230. The molecular formula is C22H19F3N4O3S2. The van der Waals surface area contributed by atoms with Crippen molar-refractivity contribution in [3.63, 3.8) is 0 Å². The molecule has 3 aromatic rings. The van der Waals surface area contributed by atoms with Gasteiger partial charge in [0.2, 0.25) is 11.8 Å². The Morgan fingerprint density at radius 2 is 1.94 bits per heavy atom. The van der Waals surface area contributed by atoms with Gasteiger partial charge in [-0.3, -0.25) is 14.9 Å². The Morgan fingerprint density at radius 1 is 1.21 bits per heavy atom. The van der Waals surface area contributed by atoms with Gasteiger partial charge in [-0.15, -0.1) is 0 Å². The maximum Gasteiger partial charge on any atom is 0.446 e. The van der Waals surface area contributed by atoms with Crippen molar-refractivity contribution in [1.82, 2.24) is 15.2 Å². The third-order valence-corrected chi connectivity index (χ3v) is 6.21. The molecule has 12 heteroatoms. The van der Waals surface area contributed by atoms with Crippen LogP contribution in [-0.2, 0) is 16.1 Å². The largest absolute Gasteiger partial charge is 0.494 e. The van der Waals surface area contributed by atoms with Gasteiger partial charge in [0.25, 0.3) is 0 Å². The molecule has 2 heterocycles. The highest BCUT2D eigenvalue weighted by Gasteiger charge is 2.30. The van der Waals surface area contributed by atoms with E-state index in [1.54, 1.807) is 18.3 Å². The fourth-order valence-electron chi connectivity index (χ4n) is 3.67. The van der Waals surface area contributed by atoms with E-state index in [-0.39, 0.29) is 34.9 Å². The molecule has 1 atom stereocenters. The van der Waals surface area contributed by atoms with E-state index in [1.807, 2.05) is 6.07 Å². The van der Waals surface area contributed by atoms with Gasteiger partial charge in [-0.05, 0) is 72.4 Å². The average molecular weight is 509 g/mol. The van der Waals surface area contributed by atoms with E-state index in [2.05, 4.69) is 16.0 Å². The summed E-state index contributed by atoms with van der Waals surface area (Å²) in [5, 5.41) is 20.4. The first-order valence-electron chi connectivity index (χ1n) is 10.2. The number of aromatic nitrogens is 1. The molecule has 1 aromatic heterocycles. The number of hydrogen-bond acceptors (Lipinski definition) is 5. The number of piperidine rings is 1. The van der Waals surface area contributed by atoms with Crippen molar-refractivity contribution in [3.05, 3.63) is 54.2 Å². The van der Waals surface area contributed by atoms with Gasteiger partial charge in [0, 0.05) is 40.5 Å². The van der Waals surface area contributed by atoms with E-state index < -0.39 is 17.5 Å². The Kier molecular flexibility index (Phi) is 6.71. The van der Waals surface area contributed by atoms with E-state index in [0.717, 1.165) is 10.9 Å². The minimum absolute atomic E-state index is 0.0478. The number of alkyl halides is 3. The number of nitrogens with one attached hydrogen (secondary N) is 3. The Balaban J connectivity index is 1.38. The number of thioether (sulfide) groups is 1. The molecule has 2 amide bonds. The first-order valence-corrected chi connectivity index (χ1v) is 11.4. The average Bonchev–Trinajstić information content (AvgIpc) is 3.08. The van der Waals surface area contributed by atoms with E-state index in [4.69, 9.17) is 12.2 Å². The lowest BCUT2D eigenvalue weighted by Crippen LogP contribution is -2.41. The fraction of sp³-hybridized carbons (Fsp3) is 0.227. The van der Waals surface area contributed by atoms with Crippen LogP contribution in [0.2, 0.25) is 0 Å². The van der Waals surface area contributed by atoms with Crippen LogP contribution < -0.4 is 16.0 Å².